The van der Waals surface area contributed by atoms with Gasteiger partial charge in [0, 0.05) is 24.3 Å². The Balaban J connectivity index is 2.13. The average Bonchev–Trinajstić information content (AvgIpc) is 2.59. The van der Waals surface area contributed by atoms with Gasteiger partial charge in [-0.15, -0.1) is 0 Å². The van der Waals surface area contributed by atoms with E-state index in [4.69, 9.17) is 4.74 Å². The first-order valence-electron chi connectivity index (χ1n) is 7.89. The first-order valence-corrected chi connectivity index (χ1v) is 7.89. The maximum absolute atomic E-state index is 12.8. The molecule has 0 atom stereocenters. The van der Waals surface area contributed by atoms with E-state index in [2.05, 4.69) is 0 Å². The summed E-state index contributed by atoms with van der Waals surface area (Å²) in [5.74, 6) is -0.314. The van der Waals surface area contributed by atoms with E-state index in [1.165, 1.54) is 13.2 Å². The summed E-state index contributed by atoms with van der Waals surface area (Å²) in [6, 6.07) is 3.55. The molecule has 1 fully saturated rings. The molecule has 1 saturated carbocycles. The van der Waals surface area contributed by atoms with Crippen LogP contribution in [-0.2, 0) is 22.3 Å². The van der Waals surface area contributed by atoms with Crippen molar-refractivity contribution in [2.75, 3.05) is 19.1 Å². The Morgan fingerprint density at radius 3 is 2.42 bits per heavy atom. The fourth-order valence-electron chi connectivity index (χ4n) is 3.29. The highest BCUT2D eigenvalue weighted by Gasteiger charge is 2.32. The Hall–Kier alpha value is -1.76. The normalized spacial score (nSPS) is 21.4. The number of hydrogen-bond acceptors (Lipinski definition) is 4. The molecule has 1 aliphatic rings. The van der Waals surface area contributed by atoms with E-state index in [1.54, 1.807) is 0 Å². The highest BCUT2D eigenvalue weighted by molar-refractivity contribution is 5.72. The molecule has 24 heavy (non-hydrogen) atoms. The van der Waals surface area contributed by atoms with Gasteiger partial charge in [-0.05, 0) is 43.9 Å². The van der Waals surface area contributed by atoms with Crippen molar-refractivity contribution in [3.05, 3.63) is 29.3 Å². The van der Waals surface area contributed by atoms with E-state index in [9.17, 15) is 23.1 Å². The van der Waals surface area contributed by atoms with Crippen molar-refractivity contribution < 1.29 is 27.8 Å². The fraction of sp³-hybridized carbons (Fsp3) is 0.588. The van der Waals surface area contributed by atoms with Crippen LogP contribution >= 0.6 is 0 Å². The molecule has 0 aromatic heterocycles. The Morgan fingerprint density at radius 1 is 1.29 bits per heavy atom. The van der Waals surface area contributed by atoms with Gasteiger partial charge in [0.15, 0.2) is 0 Å². The Bertz CT molecular complexity index is 581. The van der Waals surface area contributed by atoms with Gasteiger partial charge < -0.3 is 14.7 Å². The van der Waals surface area contributed by atoms with E-state index in [-0.39, 0.29) is 23.5 Å². The molecule has 0 aliphatic heterocycles. The third-order valence-corrected chi connectivity index (χ3v) is 4.74. The van der Waals surface area contributed by atoms with Crippen molar-refractivity contribution >= 4 is 11.7 Å². The minimum atomic E-state index is -4.43. The maximum Gasteiger partial charge on any atom is 0.416 e. The lowest BCUT2D eigenvalue weighted by molar-refractivity contribution is -0.146. The number of alkyl halides is 3. The van der Waals surface area contributed by atoms with Crippen LogP contribution in [0.4, 0.5) is 18.9 Å². The molecule has 0 unspecified atom stereocenters. The second-order valence-corrected chi connectivity index (χ2v) is 6.14. The predicted octanol–water partition coefficient (Wildman–Crippen LogP) is 3.37. The van der Waals surface area contributed by atoms with E-state index >= 15 is 0 Å². The number of hydrogen-bond donors (Lipinski definition) is 1. The molecule has 1 aromatic rings. The van der Waals surface area contributed by atoms with Gasteiger partial charge in [0.25, 0.3) is 0 Å². The molecule has 134 valence electrons. The van der Waals surface area contributed by atoms with Crippen molar-refractivity contribution in [1.82, 2.24) is 0 Å². The molecule has 0 amide bonds. The summed E-state index contributed by atoms with van der Waals surface area (Å²) in [6.07, 6.45) is -1.54. The Morgan fingerprint density at radius 2 is 1.92 bits per heavy atom. The first kappa shape index (κ1) is 18.6. The smallest absolute Gasteiger partial charge is 0.416 e. The van der Waals surface area contributed by atoms with E-state index in [0.29, 0.717) is 18.5 Å². The zero-order valence-electron chi connectivity index (χ0n) is 13.8. The largest absolute Gasteiger partial charge is 0.469 e. The van der Waals surface area contributed by atoms with E-state index < -0.39 is 18.3 Å². The number of carbonyl (C=O) groups is 1. The van der Waals surface area contributed by atoms with Gasteiger partial charge in [0.1, 0.15) is 0 Å². The molecule has 0 radical (unpaired) electrons. The lowest BCUT2D eigenvalue weighted by atomic mass is 9.85. The highest BCUT2D eigenvalue weighted by atomic mass is 19.4. The summed E-state index contributed by atoms with van der Waals surface area (Å²) >= 11 is 0. The van der Waals surface area contributed by atoms with Crippen LogP contribution in [0, 0.1) is 5.92 Å². The highest BCUT2D eigenvalue weighted by Crippen LogP contribution is 2.35. The third kappa shape index (κ3) is 4.01. The number of aliphatic hydroxyl groups is 1. The average molecular weight is 345 g/mol. The summed E-state index contributed by atoms with van der Waals surface area (Å²) in [5, 5.41) is 9.45. The van der Waals surface area contributed by atoms with E-state index in [1.807, 2.05) is 11.9 Å². The van der Waals surface area contributed by atoms with Crippen molar-refractivity contribution in [2.24, 2.45) is 5.92 Å². The van der Waals surface area contributed by atoms with Crippen LogP contribution in [0.3, 0.4) is 0 Å². The van der Waals surface area contributed by atoms with Crippen molar-refractivity contribution in [2.45, 2.75) is 44.5 Å². The molecule has 1 N–H and O–H groups in total. The third-order valence-electron chi connectivity index (χ3n) is 4.74. The standard InChI is InChI=1S/C17H22F3NO3/c1-21(14-6-3-11(4-7-14)16(23)24-2)15-8-5-13(17(18,19)20)9-12(15)10-22/h5,8-9,11,14,22H,3-4,6-7,10H2,1-2H3. The first-order chi connectivity index (χ1) is 11.3. The molecule has 0 heterocycles. The minimum absolute atomic E-state index is 0.107. The van der Waals surface area contributed by atoms with Gasteiger partial charge >= 0.3 is 12.1 Å². The number of halogens is 3. The van der Waals surface area contributed by atoms with Crippen molar-refractivity contribution in [1.29, 1.82) is 0 Å². The molecular weight excluding hydrogens is 323 g/mol. The summed E-state index contributed by atoms with van der Waals surface area (Å²) in [5.41, 5.74) is 0.0764. The number of rotatable bonds is 4. The molecule has 1 aromatic carbocycles. The second-order valence-electron chi connectivity index (χ2n) is 6.14. The topological polar surface area (TPSA) is 49.8 Å². The van der Waals surface area contributed by atoms with Crippen molar-refractivity contribution in [3.63, 3.8) is 0 Å². The van der Waals surface area contributed by atoms with Crippen molar-refractivity contribution in [3.8, 4) is 0 Å². The Kier molecular flexibility index (Phi) is 5.74. The van der Waals surface area contributed by atoms with Crippen LogP contribution in [0.5, 0.6) is 0 Å². The minimum Gasteiger partial charge on any atom is -0.469 e. The quantitative estimate of drug-likeness (QED) is 0.850. The molecule has 2 rings (SSSR count). The van der Waals surface area contributed by atoms with Gasteiger partial charge in [-0.2, -0.15) is 13.2 Å². The zero-order valence-corrected chi connectivity index (χ0v) is 13.8. The van der Waals surface area contributed by atoms with Gasteiger partial charge in [-0.25, -0.2) is 0 Å². The summed E-state index contributed by atoms with van der Waals surface area (Å²) in [7, 11) is 3.18. The number of benzene rings is 1. The van der Waals surface area contributed by atoms with Crippen LogP contribution in [-0.4, -0.2) is 31.3 Å². The predicted molar refractivity (Wildman–Crippen MR) is 83.5 cm³/mol. The van der Waals surface area contributed by atoms with Gasteiger partial charge in [0.2, 0.25) is 0 Å². The lowest BCUT2D eigenvalue weighted by Crippen LogP contribution is -2.37. The Labute approximate surface area is 139 Å². The molecule has 4 nitrogen and oxygen atoms in total. The number of carbonyl (C=O) groups excluding carboxylic acids is 1. The molecule has 0 bridgehead atoms. The summed E-state index contributed by atoms with van der Waals surface area (Å²) in [4.78, 5) is 13.5. The SMILES string of the molecule is COC(=O)C1CCC(N(C)c2ccc(C(F)(F)F)cc2CO)CC1. The van der Waals surface area contributed by atoms with Crippen LogP contribution in [0.2, 0.25) is 0 Å². The van der Waals surface area contributed by atoms with E-state index in [0.717, 1.165) is 25.0 Å². The lowest BCUT2D eigenvalue weighted by Gasteiger charge is -2.36. The summed E-state index contributed by atoms with van der Waals surface area (Å²) < 4.78 is 43.2. The molecule has 0 spiro atoms. The zero-order chi connectivity index (χ0) is 17.9. The fourth-order valence-corrected chi connectivity index (χ4v) is 3.29. The monoisotopic (exact) mass is 345 g/mol. The molecule has 7 heteroatoms. The molecule has 0 saturated heterocycles. The summed E-state index contributed by atoms with van der Waals surface area (Å²) in [6.45, 7) is -0.457. The van der Waals surface area contributed by atoms with Crippen LogP contribution in [0.1, 0.15) is 36.8 Å². The van der Waals surface area contributed by atoms with Crippen LogP contribution in [0.15, 0.2) is 18.2 Å². The van der Waals surface area contributed by atoms with Crippen LogP contribution < -0.4 is 4.90 Å². The molecular formula is C17H22F3NO3. The number of methoxy groups -OCH3 is 1. The number of esters is 1. The number of ether oxygens (including phenoxy) is 1. The molecule has 1 aliphatic carbocycles. The maximum atomic E-state index is 12.8. The number of nitrogens with zero attached hydrogens (tertiary/aromatic N) is 1. The number of anilines is 1. The van der Waals surface area contributed by atoms with Crippen LogP contribution in [0.25, 0.3) is 0 Å². The number of aliphatic hydroxyl groups excluding tert-OH is 1. The van der Waals surface area contributed by atoms with Gasteiger partial charge in [0.05, 0.1) is 25.2 Å². The van der Waals surface area contributed by atoms with Gasteiger partial charge in [-0.1, -0.05) is 0 Å². The van der Waals surface area contributed by atoms with Gasteiger partial charge in [-0.3, -0.25) is 4.79 Å². The second kappa shape index (κ2) is 7.42.